The Morgan fingerprint density at radius 2 is 2.10 bits per heavy atom. The molecule has 3 aromatic rings. The molecular formula is C20H23ClFN5O2. The van der Waals surface area contributed by atoms with E-state index in [-0.39, 0.29) is 18.3 Å². The summed E-state index contributed by atoms with van der Waals surface area (Å²) in [5, 5.41) is 11.6. The highest BCUT2D eigenvalue weighted by Gasteiger charge is 2.25. The molecule has 2 unspecified atom stereocenters. The van der Waals surface area contributed by atoms with Gasteiger partial charge in [0.1, 0.15) is 5.65 Å². The number of H-pyrrole nitrogens is 1. The maximum Gasteiger partial charge on any atom is 0.290 e. The number of aromatic amines is 1. The lowest BCUT2D eigenvalue weighted by Crippen LogP contribution is -2.32. The number of nitrogens with one attached hydrogen (secondary N) is 2. The van der Waals surface area contributed by atoms with Gasteiger partial charge in [-0.3, -0.25) is 4.79 Å². The third-order valence-electron chi connectivity index (χ3n) is 5.24. The summed E-state index contributed by atoms with van der Waals surface area (Å²) in [5.41, 5.74) is 1.46. The minimum Gasteiger partial charge on any atom is -0.483 e. The summed E-state index contributed by atoms with van der Waals surface area (Å²) in [6.45, 7) is 1.94. The van der Waals surface area contributed by atoms with Crippen molar-refractivity contribution in [3.63, 3.8) is 0 Å². The van der Waals surface area contributed by atoms with E-state index in [0.29, 0.717) is 22.4 Å². The number of anilines is 1. The van der Waals surface area contributed by atoms with Crippen molar-refractivity contribution in [3.8, 4) is 11.4 Å². The van der Waals surface area contributed by atoms with Gasteiger partial charge < -0.3 is 15.4 Å². The molecule has 1 aliphatic carbocycles. The van der Waals surface area contributed by atoms with E-state index in [1.54, 1.807) is 12.4 Å². The van der Waals surface area contributed by atoms with Crippen LogP contribution in [0, 0.1) is 11.7 Å². The monoisotopic (exact) mass is 419 g/mol. The number of fused-ring (bicyclic) bond motifs is 1. The molecule has 3 heterocycles. The molecule has 0 aliphatic heterocycles. The summed E-state index contributed by atoms with van der Waals surface area (Å²) in [6, 6.07) is 2.06. The Bertz CT molecular complexity index is 981. The predicted octanol–water partition coefficient (Wildman–Crippen LogP) is 4.89. The summed E-state index contributed by atoms with van der Waals surface area (Å²) in [5.74, 6) is 0.848. The Kier molecular flexibility index (Phi) is 6.98. The zero-order chi connectivity index (χ0) is 20.8. The summed E-state index contributed by atoms with van der Waals surface area (Å²) < 4.78 is 14.3. The van der Waals surface area contributed by atoms with Crippen molar-refractivity contribution in [3.05, 3.63) is 35.5 Å². The number of hydrogen-bond donors (Lipinski definition) is 3. The molecule has 1 saturated carbocycles. The van der Waals surface area contributed by atoms with Crippen LogP contribution in [0.15, 0.2) is 24.7 Å². The van der Waals surface area contributed by atoms with Gasteiger partial charge in [0.2, 0.25) is 0 Å². The van der Waals surface area contributed by atoms with Crippen LogP contribution in [0.4, 0.5) is 10.2 Å². The topological polar surface area (TPSA) is 104 Å². The Hall–Kier alpha value is -2.74. The maximum absolute atomic E-state index is 14.3. The van der Waals surface area contributed by atoms with Crippen molar-refractivity contribution < 1.29 is 14.3 Å². The molecule has 9 heteroatoms. The minimum atomic E-state index is -0.426. The lowest BCUT2D eigenvalue weighted by atomic mass is 9.83. The highest BCUT2D eigenvalue weighted by atomic mass is 35.5. The molecule has 0 spiro atoms. The molecule has 3 aromatic heterocycles. The van der Waals surface area contributed by atoms with E-state index in [2.05, 4.69) is 32.2 Å². The molecule has 2 atom stereocenters. The van der Waals surface area contributed by atoms with Crippen LogP contribution >= 0.6 is 11.6 Å². The van der Waals surface area contributed by atoms with E-state index in [4.69, 9.17) is 21.5 Å². The second-order valence-electron chi connectivity index (χ2n) is 6.95. The molecule has 7 nitrogen and oxygen atoms in total. The Morgan fingerprint density at radius 1 is 1.34 bits per heavy atom. The van der Waals surface area contributed by atoms with E-state index in [9.17, 15) is 4.39 Å². The summed E-state index contributed by atoms with van der Waals surface area (Å²) in [4.78, 5) is 24.3. The van der Waals surface area contributed by atoms with Crippen molar-refractivity contribution in [2.24, 2.45) is 5.92 Å². The molecule has 154 valence electrons. The van der Waals surface area contributed by atoms with Crippen molar-refractivity contribution >= 4 is 34.9 Å². The largest absolute Gasteiger partial charge is 0.483 e. The SMILES string of the molecule is CCC1CCCCC1Nc1nc(-c2c[nH]c3ncc(Cl)cc23)ncc1F.O=CO. The van der Waals surface area contributed by atoms with Crippen molar-refractivity contribution in [1.29, 1.82) is 0 Å². The second kappa shape index (κ2) is 9.65. The van der Waals surface area contributed by atoms with E-state index in [0.717, 1.165) is 23.8 Å². The van der Waals surface area contributed by atoms with Crippen LogP contribution in [0.2, 0.25) is 5.02 Å². The number of hydrogen-bond acceptors (Lipinski definition) is 5. The van der Waals surface area contributed by atoms with Gasteiger partial charge in [0, 0.05) is 29.4 Å². The summed E-state index contributed by atoms with van der Waals surface area (Å²) in [7, 11) is 0. The molecular weight excluding hydrogens is 397 g/mol. The number of halogens is 2. The third kappa shape index (κ3) is 4.82. The second-order valence-corrected chi connectivity index (χ2v) is 7.39. The first kappa shape index (κ1) is 21.0. The molecule has 3 N–H and O–H groups in total. The average Bonchev–Trinajstić information content (AvgIpc) is 3.13. The normalized spacial score (nSPS) is 18.7. The van der Waals surface area contributed by atoms with Gasteiger partial charge in [0.25, 0.3) is 6.47 Å². The quantitative estimate of drug-likeness (QED) is 0.520. The van der Waals surface area contributed by atoms with Gasteiger partial charge in [0.05, 0.1) is 11.2 Å². The number of rotatable bonds is 4. The number of nitrogens with zero attached hydrogens (tertiary/aromatic N) is 3. The van der Waals surface area contributed by atoms with Gasteiger partial charge in [-0.25, -0.2) is 19.3 Å². The Balaban J connectivity index is 0.000000755. The lowest BCUT2D eigenvalue weighted by Gasteiger charge is -2.32. The first-order valence-corrected chi connectivity index (χ1v) is 9.95. The van der Waals surface area contributed by atoms with Gasteiger partial charge in [-0.05, 0) is 24.8 Å². The van der Waals surface area contributed by atoms with Crippen molar-refractivity contribution in [2.45, 2.75) is 45.1 Å². The first-order valence-electron chi connectivity index (χ1n) is 9.57. The Morgan fingerprint density at radius 3 is 2.86 bits per heavy atom. The zero-order valence-electron chi connectivity index (χ0n) is 16.0. The van der Waals surface area contributed by atoms with E-state index < -0.39 is 5.82 Å². The van der Waals surface area contributed by atoms with E-state index in [1.807, 2.05) is 6.07 Å². The highest BCUT2D eigenvalue weighted by Crippen LogP contribution is 2.31. The first-order chi connectivity index (χ1) is 14.1. The highest BCUT2D eigenvalue weighted by molar-refractivity contribution is 6.31. The predicted molar refractivity (Wildman–Crippen MR) is 110 cm³/mol. The van der Waals surface area contributed by atoms with E-state index >= 15 is 0 Å². The van der Waals surface area contributed by atoms with E-state index in [1.165, 1.54) is 25.5 Å². The van der Waals surface area contributed by atoms with Gasteiger partial charge in [-0.15, -0.1) is 0 Å². The van der Waals surface area contributed by atoms with Crippen LogP contribution in [0.5, 0.6) is 0 Å². The summed E-state index contributed by atoms with van der Waals surface area (Å²) in [6.07, 6.45) is 10.3. The van der Waals surface area contributed by atoms with Crippen molar-refractivity contribution in [1.82, 2.24) is 19.9 Å². The standard InChI is InChI=1S/C19H21ClFN5.CH2O2/c1-2-11-5-3-4-6-16(11)25-19-15(21)10-24-18(26-19)14-9-23-17-13(14)7-12(20)8-22-17;2-1-3/h7-11,16H,2-6H2,1H3,(H,22,23)(H,24,25,26);1H,(H,2,3). The fourth-order valence-corrected chi connectivity index (χ4v) is 3.98. The van der Waals surface area contributed by atoms with Crippen LogP contribution in [0.1, 0.15) is 39.0 Å². The molecule has 0 amide bonds. The zero-order valence-corrected chi connectivity index (χ0v) is 16.8. The fourth-order valence-electron chi connectivity index (χ4n) is 3.82. The maximum atomic E-state index is 14.3. The fraction of sp³-hybridized carbons (Fsp3) is 0.400. The van der Waals surface area contributed by atoms with Gasteiger partial charge in [-0.1, -0.05) is 37.8 Å². The molecule has 0 saturated heterocycles. The van der Waals surface area contributed by atoms with Crippen LogP contribution < -0.4 is 5.32 Å². The number of aromatic nitrogens is 4. The molecule has 4 rings (SSSR count). The molecule has 0 aromatic carbocycles. The number of carbonyl (C=O) groups is 1. The smallest absolute Gasteiger partial charge is 0.290 e. The third-order valence-corrected chi connectivity index (χ3v) is 5.44. The number of carboxylic acid groups (broad SMARTS) is 1. The van der Waals surface area contributed by atoms with Gasteiger partial charge >= 0.3 is 0 Å². The Labute approximate surface area is 172 Å². The average molecular weight is 420 g/mol. The molecule has 0 radical (unpaired) electrons. The molecule has 0 bridgehead atoms. The van der Waals surface area contributed by atoms with Crippen LogP contribution in [0.25, 0.3) is 22.4 Å². The van der Waals surface area contributed by atoms with Crippen molar-refractivity contribution in [2.75, 3.05) is 5.32 Å². The number of pyridine rings is 1. The lowest BCUT2D eigenvalue weighted by molar-refractivity contribution is -0.122. The molecule has 1 fully saturated rings. The van der Waals surface area contributed by atoms with Gasteiger partial charge in [0.15, 0.2) is 17.5 Å². The molecule has 29 heavy (non-hydrogen) atoms. The van der Waals surface area contributed by atoms with Gasteiger partial charge in [-0.2, -0.15) is 0 Å². The molecule has 1 aliphatic rings. The van der Waals surface area contributed by atoms with Crippen LogP contribution in [0.3, 0.4) is 0 Å². The minimum absolute atomic E-state index is 0.250. The van der Waals surface area contributed by atoms with Crippen LogP contribution in [-0.4, -0.2) is 37.6 Å². The summed E-state index contributed by atoms with van der Waals surface area (Å²) >= 11 is 6.06. The van der Waals surface area contributed by atoms with Crippen LogP contribution in [-0.2, 0) is 4.79 Å².